The standard InChI is InChI=1S/C15H15N3O4/c1-10(12-7-3-4-9-16-12)17(2)15(20)11-6-5-8-13(14(11)19)18(21)22/h3-10,19H,1-2H3/t10-/m0/s1. The molecule has 0 radical (unpaired) electrons. The second-order valence-electron chi connectivity index (χ2n) is 4.78. The summed E-state index contributed by atoms with van der Waals surface area (Å²) in [6.45, 7) is 1.79. The fourth-order valence-electron chi connectivity index (χ4n) is 2.04. The molecule has 0 spiro atoms. The molecule has 114 valence electrons. The van der Waals surface area contributed by atoms with Gasteiger partial charge in [0.2, 0.25) is 5.75 Å². The molecule has 7 nitrogen and oxygen atoms in total. The van der Waals surface area contributed by atoms with E-state index in [4.69, 9.17) is 0 Å². The van der Waals surface area contributed by atoms with Gasteiger partial charge in [0, 0.05) is 19.3 Å². The number of nitrogens with zero attached hydrogens (tertiary/aromatic N) is 3. The van der Waals surface area contributed by atoms with E-state index >= 15 is 0 Å². The van der Waals surface area contributed by atoms with E-state index in [1.807, 2.05) is 6.07 Å². The van der Waals surface area contributed by atoms with E-state index in [0.717, 1.165) is 6.07 Å². The number of hydrogen-bond donors (Lipinski definition) is 1. The average molecular weight is 301 g/mol. The van der Waals surface area contributed by atoms with Crippen LogP contribution in [0.3, 0.4) is 0 Å². The maximum atomic E-state index is 12.5. The zero-order valence-electron chi connectivity index (χ0n) is 12.1. The molecule has 1 amide bonds. The van der Waals surface area contributed by atoms with Crippen LogP contribution in [-0.2, 0) is 0 Å². The number of rotatable bonds is 4. The molecule has 1 atom stereocenters. The Hall–Kier alpha value is -2.96. The van der Waals surface area contributed by atoms with Crippen molar-refractivity contribution in [2.45, 2.75) is 13.0 Å². The number of aromatic hydroxyl groups is 1. The van der Waals surface area contributed by atoms with Gasteiger partial charge >= 0.3 is 5.69 Å². The summed E-state index contributed by atoms with van der Waals surface area (Å²) in [5, 5.41) is 20.8. The van der Waals surface area contributed by atoms with Crippen molar-refractivity contribution < 1.29 is 14.8 Å². The molecule has 0 saturated heterocycles. The maximum absolute atomic E-state index is 12.5. The van der Waals surface area contributed by atoms with Crippen LogP contribution in [0.25, 0.3) is 0 Å². The van der Waals surface area contributed by atoms with E-state index in [2.05, 4.69) is 4.98 Å². The summed E-state index contributed by atoms with van der Waals surface area (Å²) in [7, 11) is 1.56. The first-order valence-corrected chi connectivity index (χ1v) is 6.58. The lowest BCUT2D eigenvalue weighted by molar-refractivity contribution is -0.385. The topological polar surface area (TPSA) is 96.6 Å². The van der Waals surface area contributed by atoms with Gasteiger partial charge in [-0.15, -0.1) is 0 Å². The number of nitro groups is 1. The van der Waals surface area contributed by atoms with Crippen LogP contribution < -0.4 is 0 Å². The molecule has 1 heterocycles. The van der Waals surface area contributed by atoms with Gasteiger partial charge in [0.15, 0.2) is 0 Å². The van der Waals surface area contributed by atoms with E-state index in [-0.39, 0.29) is 11.6 Å². The Morgan fingerprint density at radius 3 is 2.64 bits per heavy atom. The Morgan fingerprint density at radius 2 is 2.05 bits per heavy atom. The number of carbonyl (C=O) groups excluding carboxylic acids is 1. The van der Waals surface area contributed by atoms with Crippen molar-refractivity contribution in [3.63, 3.8) is 0 Å². The van der Waals surface area contributed by atoms with E-state index in [1.54, 1.807) is 32.3 Å². The molecule has 0 fully saturated rings. The lowest BCUT2D eigenvalue weighted by Crippen LogP contribution is -2.30. The minimum Gasteiger partial charge on any atom is -0.502 e. The van der Waals surface area contributed by atoms with Crippen molar-refractivity contribution >= 4 is 11.6 Å². The summed E-state index contributed by atoms with van der Waals surface area (Å²) in [5.41, 5.74) is 0.0764. The number of carbonyl (C=O) groups is 1. The highest BCUT2D eigenvalue weighted by Gasteiger charge is 2.26. The Bertz CT molecular complexity index is 703. The van der Waals surface area contributed by atoms with Crippen LogP contribution in [0.5, 0.6) is 5.75 Å². The van der Waals surface area contributed by atoms with E-state index in [1.165, 1.54) is 17.0 Å². The molecule has 7 heteroatoms. The monoisotopic (exact) mass is 301 g/mol. The average Bonchev–Trinajstić information content (AvgIpc) is 2.53. The molecule has 0 saturated carbocycles. The van der Waals surface area contributed by atoms with Crippen LogP contribution >= 0.6 is 0 Å². The number of amides is 1. The van der Waals surface area contributed by atoms with E-state index in [0.29, 0.717) is 5.69 Å². The number of hydrogen-bond acceptors (Lipinski definition) is 5. The van der Waals surface area contributed by atoms with Crippen molar-refractivity contribution in [3.05, 3.63) is 64.0 Å². The van der Waals surface area contributed by atoms with Gasteiger partial charge in [0.05, 0.1) is 22.2 Å². The summed E-state index contributed by atoms with van der Waals surface area (Å²) in [4.78, 5) is 28.1. The van der Waals surface area contributed by atoms with Crippen molar-refractivity contribution in [1.29, 1.82) is 0 Å². The third kappa shape index (κ3) is 2.88. The van der Waals surface area contributed by atoms with Gasteiger partial charge in [0.25, 0.3) is 5.91 Å². The predicted molar refractivity (Wildman–Crippen MR) is 79.5 cm³/mol. The third-order valence-electron chi connectivity index (χ3n) is 3.46. The van der Waals surface area contributed by atoms with Gasteiger partial charge in [0.1, 0.15) is 0 Å². The minimum atomic E-state index is -0.728. The number of phenols is 1. The van der Waals surface area contributed by atoms with Crippen molar-refractivity contribution in [2.75, 3.05) is 7.05 Å². The van der Waals surface area contributed by atoms with Gasteiger partial charge < -0.3 is 10.0 Å². The Kier molecular flexibility index (Phi) is 4.36. The SMILES string of the molecule is C[C@@H](c1ccccn1)N(C)C(=O)c1cccc([N+](=O)[O-])c1O. The molecular formula is C15H15N3O4. The molecule has 22 heavy (non-hydrogen) atoms. The summed E-state index contributed by atoms with van der Waals surface area (Å²) >= 11 is 0. The first kappa shape index (κ1) is 15.4. The lowest BCUT2D eigenvalue weighted by Gasteiger charge is -2.24. The van der Waals surface area contributed by atoms with Crippen LogP contribution in [0.15, 0.2) is 42.6 Å². The zero-order chi connectivity index (χ0) is 16.3. The van der Waals surface area contributed by atoms with E-state index < -0.39 is 22.3 Å². The molecule has 1 aromatic carbocycles. The number of para-hydroxylation sites is 1. The largest absolute Gasteiger partial charge is 0.502 e. The summed E-state index contributed by atoms with van der Waals surface area (Å²) in [5.74, 6) is -1.14. The van der Waals surface area contributed by atoms with Crippen LogP contribution in [0.2, 0.25) is 0 Å². The molecule has 1 aromatic heterocycles. The van der Waals surface area contributed by atoms with Gasteiger partial charge in [-0.25, -0.2) is 0 Å². The molecule has 1 N–H and O–H groups in total. The molecule has 0 aliphatic carbocycles. The zero-order valence-corrected chi connectivity index (χ0v) is 12.1. The van der Waals surface area contributed by atoms with Crippen LogP contribution in [0.1, 0.15) is 29.0 Å². The highest BCUT2D eigenvalue weighted by molar-refractivity contribution is 5.98. The fourth-order valence-corrected chi connectivity index (χ4v) is 2.04. The Morgan fingerprint density at radius 1 is 1.32 bits per heavy atom. The van der Waals surface area contributed by atoms with Crippen LogP contribution in [0.4, 0.5) is 5.69 Å². The summed E-state index contributed by atoms with van der Waals surface area (Å²) in [6, 6.07) is 8.88. The molecule has 0 bridgehead atoms. The molecule has 0 aliphatic heterocycles. The van der Waals surface area contributed by atoms with Crippen molar-refractivity contribution in [1.82, 2.24) is 9.88 Å². The quantitative estimate of drug-likeness (QED) is 0.691. The number of pyridine rings is 1. The van der Waals surface area contributed by atoms with Crippen LogP contribution in [-0.4, -0.2) is 32.9 Å². The fraction of sp³-hybridized carbons (Fsp3) is 0.200. The predicted octanol–water partition coefficient (Wildman–Crippen LogP) is 2.53. The molecule has 2 aromatic rings. The minimum absolute atomic E-state index is 0.112. The molecule has 0 unspecified atom stereocenters. The highest BCUT2D eigenvalue weighted by Crippen LogP contribution is 2.31. The van der Waals surface area contributed by atoms with Gasteiger partial charge in [-0.05, 0) is 25.1 Å². The third-order valence-corrected chi connectivity index (χ3v) is 3.46. The lowest BCUT2D eigenvalue weighted by atomic mass is 10.1. The Labute approximate surface area is 127 Å². The van der Waals surface area contributed by atoms with Gasteiger partial charge in [-0.3, -0.25) is 19.9 Å². The molecular weight excluding hydrogens is 286 g/mol. The van der Waals surface area contributed by atoms with Gasteiger partial charge in [-0.1, -0.05) is 12.1 Å². The summed E-state index contributed by atoms with van der Waals surface area (Å²) < 4.78 is 0. The van der Waals surface area contributed by atoms with Crippen LogP contribution in [0, 0.1) is 10.1 Å². The number of benzene rings is 1. The number of phenolic OH excluding ortho intramolecular Hbond substituents is 1. The maximum Gasteiger partial charge on any atom is 0.311 e. The first-order chi connectivity index (χ1) is 10.4. The summed E-state index contributed by atoms with van der Waals surface area (Å²) in [6.07, 6.45) is 1.62. The first-order valence-electron chi connectivity index (χ1n) is 6.58. The molecule has 0 aliphatic rings. The smallest absolute Gasteiger partial charge is 0.311 e. The van der Waals surface area contributed by atoms with E-state index in [9.17, 15) is 20.0 Å². The number of nitro benzene ring substituents is 1. The van der Waals surface area contributed by atoms with Crippen molar-refractivity contribution in [3.8, 4) is 5.75 Å². The number of aromatic nitrogens is 1. The van der Waals surface area contributed by atoms with Gasteiger partial charge in [-0.2, -0.15) is 0 Å². The molecule has 2 rings (SSSR count). The highest BCUT2D eigenvalue weighted by atomic mass is 16.6. The normalized spacial score (nSPS) is 11.7. The van der Waals surface area contributed by atoms with Crippen molar-refractivity contribution in [2.24, 2.45) is 0 Å². The Balaban J connectivity index is 2.32. The second kappa shape index (κ2) is 6.21. The second-order valence-corrected chi connectivity index (χ2v) is 4.78.